The highest BCUT2D eigenvalue weighted by Gasteiger charge is 2.33. The minimum atomic E-state index is -3.73. The molecule has 0 radical (unpaired) electrons. The van der Waals surface area contributed by atoms with Crippen LogP contribution in [0.3, 0.4) is 0 Å². The molecule has 33 heavy (non-hydrogen) atoms. The van der Waals surface area contributed by atoms with Gasteiger partial charge in [-0.05, 0) is 42.7 Å². The molecule has 1 heterocycles. The number of Topliss-reactive ketones (excluding diaryl/α,β-unsaturated/α-hetero) is 1. The highest BCUT2D eigenvalue weighted by Crippen LogP contribution is 2.39. The molecule has 1 fully saturated rings. The van der Waals surface area contributed by atoms with Crippen molar-refractivity contribution in [1.82, 2.24) is 4.31 Å². The average Bonchev–Trinajstić information content (AvgIpc) is 3.10. The van der Waals surface area contributed by atoms with Gasteiger partial charge < -0.3 is 14.8 Å². The Morgan fingerprint density at radius 2 is 1.97 bits per heavy atom. The number of fused-ring (bicyclic) bond motifs is 1. The molecular formula is C23H25FN2O6S. The first-order chi connectivity index (χ1) is 15.7. The van der Waals surface area contributed by atoms with Crippen LogP contribution in [0.15, 0.2) is 35.2 Å². The Hall–Kier alpha value is -2.82. The fraction of sp³-hybridized carbons (Fsp3) is 0.391. The molecule has 1 atom stereocenters. The Labute approximate surface area is 191 Å². The summed E-state index contributed by atoms with van der Waals surface area (Å²) in [5.41, 5.74) is 1.36. The van der Waals surface area contributed by atoms with Crippen LogP contribution in [0.1, 0.15) is 40.7 Å². The van der Waals surface area contributed by atoms with Crippen molar-refractivity contribution < 1.29 is 31.9 Å². The first-order valence-corrected chi connectivity index (χ1v) is 12.1. The standard InChI is InChI=1S/C23H25FN2O6S/c1-14-3-4-16(12-20(14)33(29,30)26-7-9-31-10-8-26)25-21(28)13-32-19-6-5-17(24)22-15(2)11-18(27)23(19)22/h3-6,12,15H,7-11,13H2,1-2H3,(H,25,28)/t15-/m1/s1. The molecule has 0 spiro atoms. The smallest absolute Gasteiger partial charge is 0.262 e. The molecule has 10 heteroatoms. The molecule has 1 amide bonds. The molecule has 0 unspecified atom stereocenters. The number of morpholine rings is 1. The molecule has 2 aromatic rings. The number of carbonyl (C=O) groups excluding carboxylic acids is 2. The first kappa shape index (κ1) is 23.3. The number of nitrogens with one attached hydrogen (secondary N) is 1. The van der Waals surface area contributed by atoms with E-state index in [1.165, 1.54) is 22.5 Å². The van der Waals surface area contributed by atoms with E-state index in [-0.39, 0.29) is 47.4 Å². The maximum Gasteiger partial charge on any atom is 0.262 e. The predicted molar refractivity (Wildman–Crippen MR) is 119 cm³/mol. The molecule has 0 saturated carbocycles. The molecule has 4 rings (SSSR count). The van der Waals surface area contributed by atoms with E-state index in [2.05, 4.69) is 5.32 Å². The molecule has 2 aliphatic rings. The third-order valence-electron chi connectivity index (χ3n) is 5.84. The van der Waals surface area contributed by atoms with Gasteiger partial charge in [0.15, 0.2) is 12.4 Å². The number of carbonyl (C=O) groups is 2. The van der Waals surface area contributed by atoms with Gasteiger partial charge in [0.1, 0.15) is 11.6 Å². The van der Waals surface area contributed by atoms with Crippen LogP contribution in [-0.2, 0) is 19.6 Å². The molecule has 1 saturated heterocycles. The Balaban J connectivity index is 1.47. The van der Waals surface area contributed by atoms with E-state index in [4.69, 9.17) is 9.47 Å². The third-order valence-corrected chi connectivity index (χ3v) is 7.88. The number of hydrogen-bond acceptors (Lipinski definition) is 6. The molecule has 1 aliphatic heterocycles. The van der Waals surface area contributed by atoms with Gasteiger partial charge >= 0.3 is 0 Å². The molecule has 0 aromatic heterocycles. The van der Waals surface area contributed by atoms with Crippen molar-refractivity contribution in [1.29, 1.82) is 0 Å². The van der Waals surface area contributed by atoms with Crippen molar-refractivity contribution in [3.05, 3.63) is 52.8 Å². The number of aryl methyl sites for hydroxylation is 1. The topological polar surface area (TPSA) is 102 Å². The highest BCUT2D eigenvalue weighted by molar-refractivity contribution is 7.89. The van der Waals surface area contributed by atoms with Crippen molar-refractivity contribution in [3.8, 4) is 5.75 Å². The van der Waals surface area contributed by atoms with Gasteiger partial charge in [0.25, 0.3) is 5.91 Å². The zero-order chi connectivity index (χ0) is 23.8. The summed E-state index contributed by atoms with van der Waals surface area (Å²) in [5, 5.41) is 2.62. The highest BCUT2D eigenvalue weighted by atomic mass is 32.2. The number of rotatable bonds is 6. The Morgan fingerprint density at radius 1 is 1.24 bits per heavy atom. The second-order valence-electron chi connectivity index (χ2n) is 8.20. The minimum absolute atomic E-state index is 0.110. The summed E-state index contributed by atoms with van der Waals surface area (Å²) < 4.78 is 52.3. The summed E-state index contributed by atoms with van der Waals surface area (Å²) in [6.07, 6.45) is 0.197. The fourth-order valence-corrected chi connectivity index (χ4v) is 5.83. The van der Waals surface area contributed by atoms with Crippen molar-refractivity contribution in [2.45, 2.75) is 31.1 Å². The van der Waals surface area contributed by atoms with Gasteiger partial charge in [-0.3, -0.25) is 9.59 Å². The quantitative estimate of drug-likeness (QED) is 0.688. The van der Waals surface area contributed by atoms with Crippen LogP contribution in [-0.4, -0.2) is 57.3 Å². The van der Waals surface area contributed by atoms with Gasteiger partial charge in [0.05, 0.1) is 23.7 Å². The summed E-state index contributed by atoms with van der Waals surface area (Å²) in [7, 11) is -3.73. The Morgan fingerprint density at radius 3 is 2.70 bits per heavy atom. The molecule has 8 nitrogen and oxygen atoms in total. The lowest BCUT2D eigenvalue weighted by Gasteiger charge is -2.26. The van der Waals surface area contributed by atoms with Gasteiger partial charge in [0, 0.05) is 30.8 Å². The zero-order valence-corrected chi connectivity index (χ0v) is 19.2. The van der Waals surface area contributed by atoms with E-state index in [0.717, 1.165) is 0 Å². The normalized spacial score (nSPS) is 18.8. The van der Waals surface area contributed by atoms with Crippen LogP contribution in [0.2, 0.25) is 0 Å². The lowest BCUT2D eigenvalue weighted by atomic mass is 10.0. The van der Waals surface area contributed by atoms with E-state index in [1.54, 1.807) is 26.0 Å². The minimum Gasteiger partial charge on any atom is -0.483 e. The molecule has 176 valence electrons. The van der Waals surface area contributed by atoms with Gasteiger partial charge in [-0.2, -0.15) is 4.31 Å². The van der Waals surface area contributed by atoms with Crippen LogP contribution in [0.25, 0.3) is 0 Å². The predicted octanol–water partition coefficient (Wildman–Crippen LogP) is 2.86. The summed E-state index contributed by atoms with van der Waals surface area (Å²) in [6, 6.07) is 7.21. The monoisotopic (exact) mass is 476 g/mol. The van der Waals surface area contributed by atoms with Crippen LogP contribution in [0.5, 0.6) is 5.75 Å². The van der Waals surface area contributed by atoms with Crippen LogP contribution in [0.4, 0.5) is 10.1 Å². The van der Waals surface area contributed by atoms with Gasteiger partial charge in [-0.25, -0.2) is 12.8 Å². The van der Waals surface area contributed by atoms with Crippen LogP contribution < -0.4 is 10.1 Å². The fourth-order valence-electron chi connectivity index (χ4n) is 4.17. The number of nitrogens with zero attached hydrogens (tertiary/aromatic N) is 1. The largest absolute Gasteiger partial charge is 0.483 e. The van der Waals surface area contributed by atoms with E-state index in [1.807, 2.05) is 0 Å². The van der Waals surface area contributed by atoms with Crippen LogP contribution >= 0.6 is 0 Å². The van der Waals surface area contributed by atoms with Crippen molar-refractivity contribution >= 4 is 27.4 Å². The maximum atomic E-state index is 14.1. The summed E-state index contributed by atoms with van der Waals surface area (Å²) >= 11 is 0. The average molecular weight is 477 g/mol. The number of anilines is 1. The van der Waals surface area contributed by atoms with E-state index < -0.39 is 28.4 Å². The van der Waals surface area contributed by atoms with Crippen molar-refractivity contribution in [3.63, 3.8) is 0 Å². The number of amides is 1. The number of benzene rings is 2. The van der Waals surface area contributed by atoms with Gasteiger partial charge in [0.2, 0.25) is 10.0 Å². The molecule has 1 aliphatic carbocycles. The summed E-state index contributed by atoms with van der Waals surface area (Å²) in [4.78, 5) is 24.8. The van der Waals surface area contributed by atoms with Crippen molar-refractivity contribution in [2.75, 3.05) is 38.2 Å². The summed E-state index contributed by atoms with van der Waals surface area (Å²) in [6.45, 7) is 4.25. The van der Waals surface area contributed by atoms with Gasteiger partial charge in [-0.1, -0.05) is 13.0 Å². The third kappa shape index (κ3) is 4.64. The number of sulfonamides is 1. The van der Waals surface area contributed by atoms with E-state index >= 15 is 0 Å². The molecular weight excluding hydrogens is 451 g/mol. The number of hydrogen-bond donors (Lipinski definition) is 1. The first-order valence-electron chi connectivity index (χ1n) is 10.6. The lowest BCUT2D eigenvalue weighted by Crippen LogP contribution is -2.40. The number of ether oxygens (including phenoxy) is 2. The molecule has 2 aromatic carbocycles. The lowest BCUT2D eigenvalue weighted by molar-refractivity contribution is -0.118. The second kappa shape index (κ2) is 9.20. The van der Waals surface area contributed by atoms with Crippen LogP contribution in [0, 0.1) is 12.7 Å². The zero-order valence-electron chi connectivity index (χ0n) is 18.4. The van der Waals surface area contributed by atoms with Crippen molar-refractivity contribution in [2.24, 2.45) is 0 Å². The Bertz CT molecular complexity index is 1210. The molecule has 1 N–H and O–H groups in total. The summed E-state index contributed by atoms with van der Waals surface area (Å²) in [5.74, 6) is -1.30. The Kier molecular flexibility index (Phi) is 6.51. The number of ketones is 1. The molecule has 0 bridgehead atoms. The number of halogens is 1. The van der Waals surface area contributed by atoms with Gasteiger partial charge in [-0.15, -0.1) is 0 Å². The maximum absolute atomic E-state index is 14.1. The SMILES string of the molecule is Cc1ccc(NC(=O)COc2ccc(F)c3c2C(=O)C[C@H]3C)cc1S(=O)(=O)N1CCOCC1. The van der Waals surface area contributed by atoms with E-state index in [9.17, 15) is 22.4 Å². The van der Waals surface area contributed by atoms with E-state index in [0.29, 0.717) is 30.0 Å². The second-order valence-corrected chi connectivity index (χ2v) is 10.1.